The highest BCUT2D eigenvalue weighted by atomic mass is 35.5. The number of nitrogens with one attached hydrogen (secondary N) is 2. The number of halogens is 1. The van der Waals surface area contributed by atoms with E-state index in [0.717, 1.165) is 11.1 Å². The largest absolute Gasteiger partial charge is 0.382 e. The zero-order valence-electron chi connectivity index (χ0n) is 21.1. The van der Waals surface area contributed by atoms with Crippen LogP contribution in [0.3, 0.4) is 0 Å². The van der Waals surface area contributed by atoms with Crippen LogP contribution in [0.4, 0.5) is 0 Å². The van der Waals surface area contributed by atoms with Crippen molar-refractivity contribution in [1.29, 1.82) is 0 Å². The maximum Gasteiger partial charge on any atom is 0.242 e. The lowest BCUT2D eigenvalue weighted by atomic mass is 10.1. The van der Waals surface area contributed by atoms with E-state index < -0.39 is 16.1 Å². The molecule has 2 N–H and O–H groups in total. The number of hydrogen-bond donors (Lipinski definition) is 2. The Hall–Kier alpha value is -2.46. The van der Waals surface area contributed by atoms with Gasteiger partial charge in [0.25, 0.3) is 0 Å². The number of benzene rings is 2. The zero-order chi connectivity index (χ0) is 26.6. The van der Waals surface area contributed by atoms with Gasteiger partial charge in [0, 0.05) is 44.3 Å². The second kappa shape index (κ2) is 14.9. The van der Waals surface area contributed by atoms with Crippen molar-refractivity contribution in [3.05, 3.63) is 64.7 Å². The second-order valence-electron chi connectivity index (χ2n) is 8.31. The first-order valence-corrected chi connectivity index (χ1v) is 14.0. The third kappa shape index (κ3) is 9.54. The van der Waals surface area contributed by atoms with Crippen LogP contribution < -0.4 is 10.0 Å². The summed E-state index contributed by atoms with van der Waals surface area (Å²) in [6.45, 7) is 7.58. The molecule has 0 unspecified atom stereocenters. The lowest BCUT2D eigenvalue weighted by molar-refractivity contribution is -0.140. The van der Waals surface area contributed by atoms with Crippen LogP contribution >= 0.6 is 11.6 Å². The summed E-state index contributed by atoms with van der Waals surface area (Å²) in [5, 5.41) is 3.47. The summed E-state index contributed by atoms with van der Waals surface area (Å²) in [5.74, 6) is -0.405. The molecule has 0 spiro atoms. The number of sulfonamides is 1. The van der Waals surface area contributed by atoms with Gasteiger partial charge in [0.15, 0.2) is 0 Å². The standard InChI is InChI=1S/C26H36ClN3O5S/c1-4-29-36(33,34)24-14-9-21(10-15-24)11-16-25(31)30(19-22-7-12-23(27)13-8-22)20(3)26(32)28-17-6-18-35-5-2/h7-10,12-15,20,29H,4-6,11,16-19H2,1-3H3,(H,28,32)/t20-/m0/s1. The molecule has 0 saturated carbocycles. The van der Waals surface area contributed by atoms with Gasteiger partial charge in [0.1, 0.15) is 6.04 Å². The van der Waals surface area contributed by atoms with E-state index in [1.54, 1.807) is 43.0 Å². The van der Waals surface area contributed by atoms with E-state index in [1.807, 2.05) is 19.1 Å². The van der Waals surface area contributed by atoms with E-state index in [4.69, 9.17) is 16.3 Å². The van der Waals surface area contributed by atoms with Gasteiger partial charge in [-0.2, -0.15) is 0 Å². The van der Waals surface area contributed by atoms with Crippen molar-refractivity contribution in [2.24, 2.45) is 0 Å². The Morgan fingerprint density at radius 3 is 2.28 bits per heavy atom. The Kier molecular flexibility index (Phi) is 12.4. The normalized spacial score (nSPS) is 12.2. The highest BCUT2D eigenvalue weighted by Gasteiger charge is 2.26. The van der Waals surface area contributed by atoms with Crippen molar-refractivity contribution in [1.82, 2.24) is 14.9 Å². The molecule has 1 atom stereocenters. The second-order valence-corrected chi connectivity index (χ2v) is 10.5. The molecular weight excluding hydrogens is 502 g/mol. The molecule has 198 valence electrons. The monoisotopic (exact) mass is 537 g/mol. The van der Waals surface area contributed by atoms with Crippen LogP contribution in [0.2, 0.25) is 5.02 Å². The lowest BCUT2D eigenvalue weighted by Crippen LogP contribution is -2.48. The quantitative estimate of drug-likeness (QED) is 0.338. The van der Waals surface area contributed by atoms with Crippen molar-refractivity contribution in [3.8, 4) is 0 Å². The van der Waals surface area contributed by atoms with E-state index in [1.165, 1.54) is 12.1 Å². The number of rotatable bonds is 15. The number of carbonyl (C=O) groups excluding carboxylic acids is 2. The third-order valence-electron chi connectivity index (χ3n) is 5.60. The Morgan fingerprint density at radius 2 is 1.67 bits per heavy atom. The van der Waals surface area contributed by atoms with Gasteiger partial charge in [-0.15, -0.1) is 0 Å². The van der Waals surface area contributed by atoms with Gasteiger partial charge >= 0.3 is 0 Å². The topological polar surface area (TPSA) is 105 Å². The molecule has 2 aromatic rings. The molecule has 2 aromatic carbocycles. The number of ether oxygens (including phenoxy) is 1. The highest BCUT2D eigenvalue weighted by molar-refractivity contribution is 7.89. The molecule has 36 heavy (non-hydrogen) atoms. The summed E-state index contributed by atoms with van der Waals surface area (Å²) < 4.78 is 32.0. The van der Waals surface area contributed by atoms with E-state index in [-0.39, 0.29) is 29.7 Å². The van der Waals surface area contributed by atoms with Gasteiger partial charge in [0.2, 0.25) is 21.8 Å². The average molecular weight is 538 g/mol. The molecule has 0 saturated heterocycles. The van der Waals surface area contributed by atoms with Gasteiger partial charge in [-0.25, -0.2) is 13.1 Å². The minimum atomic E-state index is -3.53. The molecule has 8 nitrogen and oxygen atoms in total. The Labute approximate surface area is 219 Å². The van der Waals surface area contributed by atoms with Crippen LogP contribution in [0.25, 0.3) is 0 Å². The van der Waals surface area contributed by atoms with Gasteiger partial charge < -0.3 is 15.0 Å². The van der Waals surface area contributed by atoms with Gasteiger partial charge in [-0.1, -0.05) is 42.8 Å². The van der Waals surface area contributed by atoms with Crippen molar-refractivity contribution >= 4 is 33.4 Å². The number of amides is 2. The summed E-state index contributed by atoms with van der Waals surface area (Å²) in [6.07, 6.45) is 1.28. The minimum Gasteiger partial charge on any atom is -0.382 e. The van der Waals surface area contributed by atoms with E-state index in [9.17, 15) is 18.0 Å². The van der Waals surface area contributed by atoms with Crippen LogP contribution in [-0.2, 0) is 37.3 Å². The van der Waals surface area contributed by atoms with Crippen molar-refractivity contribution in [2.45, 2.75) is 57.5 Å². The Morgan fingerprint density at radius 1 is 1.03 bits per heavy atom. The summed E-state index contributed by atoms with van der Waals surface area (Å²) in [5.41, 5.74) is 1.69. The fraction of sp³-hybridized carbons (Fsp3) is 0.462. The van der Waals surface area contributed by atoms with Crippen molar-refractivity contribution in [3.63, 3.8) is 0 Å². The van der Waals surface area contributed by atoms with Crippen LogP contribution in [0.5, 0.6) is 0 Å². The van der Waals surface area contributed by atoms with E-state index >= 15 is 0 Å². The molecule has 10 heteroatoms. The molecule has 0 heterocycles. The Bertz CT molecular complexity index is 1080. The molecule has 0 bridgehead atoms. The molecule has 2 rings (SSSR count). The first-order chi connectivity index (χ1) is 17.2. The minimum absolute atomic E-state index is 0.175. The summed E-state index contributed by atoms with van der Waals surface area (Å²) >= 11 is 5.99. The predicted molar refractivity (Wildman–Crippen MR) is 141 cm³/mol. The van der Waals surface area contributed by atoms with Crippen LogP contribution in [-0.4, -0.2) is 57.5 Å². The average Bonchev–Trinajstić information content (AvgIpc) is 2.86. The van der Waals surface area contributed by atoms with Gasteiger partial charge in [-0.05, 0) is 62.1 Å². The number of carbonyl (C=O) groups is 2. The van der Waals surface area contributed by atoms with Crippen LogP contribution in [0.1, 0.15) is 44.7 Å². The number of hydrogen-bond acceptors (Lipinski definition) is 5. The SMILES string of the molecule is CCNS(=O)(=O)c1ccc(CCC(=O)N(Cc2ccc(Cl)cc2)[C@@H](C)C(=O)NCCCOCC)cc1. The van der Waals surface area contributed by atoms with Crippen LogP contribution in [0, 0.1) is 0 Å². The highest BCUT2D eigenvalue weighted by Crippen LogP contribution is 2.17. The van der Waals surface area contributed by atoms with E-state index in [2.05, 4.69) is 10.0 Å². The predicted octanol–water partition coefficient (Wildman–Crippen LogP) is 3.53. The molecule has 0 aliphatic heterocycles. The molecule has 0 fully saturated rings. The summed E-state index contributed by atoms with van der Waals surface area (Å²) in [7, 11) is -3.53. The van der Waals surface area contributed by atoms with Crippen LogP contribution in [0.15, 0.2) is 53.4 Å². The first kappa shape index (κ1) is 29.8. The molecule has 0 aliphatic carbocycles. The molecule has 0 radical (unpaired) electrons. The molecule has 2 amide bonds. The summed E-state index contributed by atoms with van der Waals surface area (Å²) in [6, 6.07) is 13.0. The maximum absolute atomic E-state index is 13.3. The smallest absolute Gasteiger partial charge is 0.242 e. The Balaban J connectivity index is 2.07. The third-order valence-corrected chi connectivity index (χ3v) is 7.41. The van der Waals surface area contributed by atoms with E-state index in [0.29, 0.717) is 44.2 Å². The number of nitrogens with zero attached hydrogens (tertiary/aromatic N) is 1. The first-order valence-electron chi connectivity index (χ1n) is 12.2. The fourth-order valence-electron chi connectivity index (χ4n) is 3.55. The summed E-state index contributed by atoms with van der Waals surface area (Å²) in [4.78, 5) is 27.8. The number of aryl methyl sites for hydroxylation is 1. The fourth-order valence-corrected chi connectivity index (χ4v) is 4.72. The van der Waals surface area contributed by atoms with Gasteiger partial charge in [0.05, 0.1) is 4.90 Å². The van der Waals surface area contributed by atoms with Crippen molar-refractivity contribution in [2.75, 3.05) is 26.3 Å². The molecule has 0 aromatic heterocycles. The molecular formula is C26H36ClN3O5S. The van der Waals surface area contributed by atoms with Gasteiger partial charge in [-0.3, -0.25) is 9.59 Å². The van der Waals surface area contributed by atoms with Crippen molar-refractivity contribution < 1.29 is 22.7 Å². The maximum atomic E-state index is 13.3. The lowest BCUT2D eigenvalue weighted by Gasteiger charge is -2.29. The molecule has 0 aliphatic rings. The zero-order valence-corrected chi connectivity index (χ0v) is 22.7.